The second-order valence-electron chi connectivity index (χ2n) is 9.31. The summed E-state index contributed by atoms with van der Waals surface area (Å²) in [6.07, 6.45) is 3.37. The number of unbranched alkanes of at least 4 members (excludes halogenated alkanes) is 2. The van der Waals surface area contributed by atoms with Gasteiger partial charge in [0.15, 0.2) is 0 Å². The van der Waals surface area contributed by atoms with E-state index in [-0.39, 0.29) is 11.9 Å². The third-order valence-corrected chi connectivity index (χ3v) is 6.92. The first-order valence-corrected chi connectivity index (χ1v) is 12.9. The Kier molecular flexibility index (Phi) is 7.10. The Bertz CT molecular complexity index is 1330. The van der Waals surface area contributed by atoms with Crippen molar-refractivity contribution in [3.63, 3.8) is 0 Å². The minimum absolute atomic E-state index is 0.0595. The van der Waals surface area contributed by atoms with Gasteiger partial charge in [0, 0.05) is 22.7 Å². The van der Waals surface area contributed by atoms with Crippen LogP contribution in [0.2, 0.25) is 5.02 Å². The summed E-state index contributed by atoms with van der Waals surface area (Å²) in [5, 5.41) is 8.29. The monoisotopic (exact) mass is 499 g/mol. The average molecular weight is 500 g/mol. The van der Waals surface area contributed by atoms with E-state index in [0.29, 0.717) is 23.9 Å². The molecule has 0 spiro atoms. The van der Waals surface area contributed by atoms with Crippen LogP contribution < -0.4 is 4.74 Å². The Labute approximate surface area is 217 Å². The van der Waals surface area contributed by atoms with Gasteiger partial charge in [0.05, 0.1) is 18.3 Å². The molecule has 1 aromatic heterocycles. The molecular weight excluding hydrogens is 470 g/mol. The number of hydrogen-bond donors (Lipinski definition) is 1. The van der Waals surface area contributed by atoms with Gasteiger partial charge in [0.25, 0.3) is 5.91 Å². The maximum absolute atomic E-state index is 13.6. The molecule has 2 heterocycles. The Balaban J connectivity index is 1.51. The number of hydrogen-bond acceptors (Lipinski definition) is 3. The van der Waals surface area contributed by atoms with Crippen molar-refractivity contribution in [2.24, 2.45) is 0 Å². The van der Waals surface area contributed by atoms with E-state index in [0.717, 1.165) is 53.0 Å². The van der Waals surface area contributed by atoms with Crippen LogP contribution >= 0.6 is 11.6 Å². The molecule has 6 heteroatoms. The van der Waals surface area contributed by atoms with Crippen LogP contribution in [0.25, 0.3) is 11.3 Å². The summed E-state index contributed by atoms with van der Waals surface area (Å²) in [4.78, 5) is 15.5. The molecule has 1 N–H and O–H groups in total. The van der Waals surface area contributed by atoms with Gasteiger partial charge in [-0.2, -0.15) is 5.10 Å². The molecule has 5 nitrogen and oxygen atoms in total. The summed E-state index contributed by atoms with van der Waals surface area (Å²) in [5.41, 5.74) is 6.47. The quantitative estimate of drug-likeness (QED) is 0.245. The molecule has 5 rings (SSSR count). The highest BCUT2D eigenvalue weighted by Crippen LogP contribution is 2.43. The Hall–Kier alpha value is -3.57. The number of nitrogens with zero attached hydrogens (tertiary/aromatic N) is 2. The van der Waals surface area contributed by atoms with Crippen molar-refractivity contribution in [2.45, 2.75) is 45.7 Å². The number of rotatable bonds is 9. The number of ether oxygens (including phenoxy) is 1. The molecule has 36 heavy (non-hydrogen) atoms. The van der Waals surface area contributed by atoms with Gasteiger partial charge >= 0.3 is 0 Å². The van der Waals surface area contributed by atoms with Gasteiger partial charge in [-0.05, 0) is 48.7 Å². The molecule has 0 saturated carbocycles. The molecule has 1 unspecified atom stereocenters. The SMILES string of the molecule is CCCCCOc1ccc(C2c3c(-c4ccc(C)cc4)n[nH]c3C(=O)N2Cc2ccc(Cl)cc2)cc1. The van der Waals surface area contributed by atoms with E-state index in [1.54, 1.807) is 0 Å². The van der Waals surface area contributed by atoms with Crippen LogP contribution in [0.4, 0.5) is 0 Å². The zero-order valence-corrected chi connectivity index (χ0v) is 21.4. The minimum Gasteiger partial charge on any atom is -0.494 e. The number of aryl methyl sites for hydroxylation is 1. The summed E-state index contributed by atoms with van der Waals surface area (Å²) in [6, 6.07) is 23.7. The fourth-order valence-electron chi connectivity index (χ4n) is 4.71. The molecule has 3 aromatic carbocycles. The number of amides is 1. The number of H-pyrrole nitrogens is 1. The summed E-state index contributed by atoms with van der Waals surface area (Å²) in [5.74, 6) is 0.783. The van der Waals surface area contributed by atoms with Crippen LogP contribution in [0.3, 0.4) is 0 Å². The first-order valence-electron chi connectivity index (χ1n) is 12.5. The predicted octanol–water partition coefficient (Wildman–Crippen LogP) is 7.35. The number of aromatic nitrogens is 2. The van der Waals surface area contributed by atoms with Crippen molar-refractivity contribution >= 4 is 17.5 Å². The van der Waals surface area contributed by atoms with Crippen molar-refractivity contribution in [1.82, 2.24) is 15.1 Å². The molecule has 1 amide bonds. The second kappa shape index (κ2) is 10.6. The Morgan fingerprint density at radius 3 is 2.39 bits per heavy atom. The standard InChI is InChI=1S/C30H30ClN3O2/c1-3-4-5-18-36-25-16-12-23(13-17-25)29-26-27(22-10-6-20(2)7-11-22)32-33-28(26)30(35)34(29)19-21-8-14-24(31)15-9-21/h6-17,29H,3-5,18-19H2,1-2H3,(H,32,33). The van der Waals surface area contributed by atoms with Crippen LogP contribution in [0.5, 0.6) is 5.75 Å². The molecule has 0 saturated heterocycles. The van der Waals surface area contributed by atoms with Crippen LogP contribution in [0.15, 0.2) is 72.8 Å². The van der Waals surface area contributed by atoms with E-state index >= 15 is 0 Å². The molecule has 1 aliphatic heterocycles. The average Bonchev–Trinajstić information content (AvgIpc) is 3.43. The van der Waals surface area contributed by atoms with Crippen molar-refractivity contribution < 1.29 is 9.53 Å². The number of fused-ring (bicyclic) bond motifs is 1. The lowest BCUT2D eigenvalue weighted by Gasteiger charge is -2.27. The molecule has 0 bridgehead atoms. The van der Waals surface area contributed by atoms with Gasteiger partial charge in [0.2, 0.25) is 0 Å². The van der Waals surface area contributed by atoms with E-state index in [2.05, 4.69) is 60.4 Å². The van der Waals surface area contributed by atoms with Crippen molar-refractivity contribution in [1.29, 1.82) is 0 Å². The first-order chi connectivity index (χ1) is 17.5. The van der Waals surface area contributed by atoms with Crippen molar-refractivity contribution in [2.75, 3.05) is 6.61 Å². The van der Waals surface area contributed by atoms with E-state index in [1.807, 2.05) is 41.3 Å². The highest BCUT2D eigenvalue weighted by atomic mass is 35.5. The summed E-state index contributed by atoms with van der Waals surface area (Å²) >= 11 is 6.10. The molecule has 1 aliphatic rings. The van der Waals surface area contributed by atoms with Crippen LogP contribution in [-0.4, -0.2) is 27.6 Å². The summed E-state index contributed by atoms with van der Waals surface area (Å²) in [7, 11) is 0. The Morgan fingerprint density at radius 1 is 0.972 bits per heavy atom. The lowest BCUT2D eigenvalue weighted by atomic mass is 9.95. The fraction of sp³-hybridized carbons (Fsp3) is 0.267. The number of nitrogens with one attached hydrogen (secondary N) is 1. The number of halogens is 1. The van der Waals surface area contributed by atoms with Gasteiger partial charge in [0.1, 0.15) is 11.4 Å². The highest BCUT2D eigenvalue weighted by molar-refractivity contribution is 6.30. The molecule has 0 radical (unpaired) electrons. The largest absolute Gasteiger partial charge is 0.494 e. The van der Waals surface area contributed by atoms with Gasteiger partial charge in [-0.15, -0.1) is 0 Å². The Morgan fingerprint density at radius 2 is 1.69 bits per heavy atom. The predicted molar refractivity (Wildman–Crippen MR) is 143 cm³/mol. The smallest absolute Gasteiger partial charge is 0.273 e. The van der Waals surface area contributed by atoms with Crippen LogP contribution in [-0.2, 0) is 6.54 Å². The maximum atomic E-state index is 13.6. The topological polar surface area (TPSA) is 58.2 Å². The highest BCUT2D eigenvalue weighted by Gasteiger charge is 2.42. The van der Waals surface area contributed by atoms with Gasteiger partial charge < -0.3 is 9.64 Å². The lowest BCUT2D eigenvalue weighted by molar-refractivity contribution is 0.0730. The van der Waals surface area contributed by atoms with E-state index in [1.165, 1.54) is 5.56 Å². The van der Waals surface area contributed by atoms with E-state index < -0.39 is 0 Å². The molecule has 1 atom stereocenters. The molecule has 184 valence electrons. The van der Waals surface area contributed by atoms with E-state index in [9.17, 15) is 4.79 Å². The third kappa shape index (κ3) is 4.89. The zero-order valence-electron chi connectivity index (χ0n) is 20.6. The van der Waals surface area contributed by atoms with Crippen LogP contribution in [0, 0.1) is 6.92 Å². The van der Waals surface area contributed by atoms with Gasteiger partial charge in [-0.3, -0.25) is 9.89 Å². The van der Waals surface area contributed by atoms with Crippen molar-refractivity contribution in [3.8, 4) is 17.0 Å². The minimum atomic E-state index is -0.271. The van der Waals surface area contributed by atoms with Gasteiger partial charge in [-0.25, -0.2) is 0 Å². The van der Waals surface area contributed by atoms with Gasteiger partial charge in [-0.1, -0.05) is 85.5 Å². The number of carbonyl (C=O) groups is 1. The molecule has 4 aromatic rings. The van der Waals surface area contributed by atoms with Crippen molar-refractivity contribution in [3.05, 3.63) is 106 Å². The fourth-order valence-corrected chi connectivity index (χ4v) is 4.84. The third-order valence-electron chi connectivity index (χ3n) is 6.67. The number of benzene rings is 3. The van der Waals surface area contributed by atoms with E-state index in [4.69, 9.17) is 16.3 Å². The lowest BCUT2D eigenvalue weighted by Crippen LogP contribution is -2.29. The first kappa shape index (κ1) is 24.1. The second-order valence-corrected chi connectivity index (χ2v) is 9.75. The molecular formula is C30H30ClN3O2. The number of aromatic amines is 1. The van der Waals surface area contributed by atoms with Crippen LogP contribution in [0.1, 0.15) is 65.0 Å². The summed E-state index contributed by atoms with van der Waals surface area (Å²) < 4.78 is 5.93. The summed E-state index contributed by atoms with van der Waals surface area (Å²) in [6.45, 7) is 5.42. The maximum Gasteiger partial charge on any atom is 0.273 e. The molecule has 0 fully saturated rings. The normalized spacial score (nSPS) is 14.8. The zero-order chi connectivity index (χ0) is 25.1. The molecule has 0 aliphatic carbocycles. The number of carbonyl (C=O) groups excluding carboxylic acids is 1.